The highest BCUT2D eigenvalue weighted by Crippen LogP contribution is 2.33. The molecule has 3 atom stereocenters. The van der Waals surface area contributed by atoms with Gasteiger partial charge in [-0.3, -0.25) is 4.79 Å². The van der Waals surface area contributed by atoms with Gasteiger partial charge in [0.2, 0.25) is 0 Å². The Morgan fingerprint density at radius 1 is 1.60 bits per heavy atom. The van der Waals surface area contributed by atoms with Crippen LogP contribution in [0, 0.1) is 5.92 Å². The molecule has 0 aromatic carbocycles. The van der Waals surface area contributed by atoms with Crippen LogP contribution in [0.25, 0.3) is 0 Å². The van der Waals surface area contributed by atoms with E-state index < -0.39 is 0 Å². The first-order valence-electron chi connectivity index (χ1n) is 3.61. The molecule has 0 amide bonds. The van der Waals surface area contributed by atoms with E-state index in [4.69, 9.17) is 4.74 Å². The van der Waals surface area contributed by atoms with E-state index in [1.807, 2.05) is 12.2 Å². The van der Waals surface area contributed by atoms with Gasteiger partial charge in [-0.1, -0.05) is 12.2 Å². The zero-order valence-corrected chi connectivity index (χ0v) is 5.91. The first-order chi connectivity index (χ1) is 4.77. The lowest BCUT2D eigenvalue weighted by Crippen LogP contribution is -2.20. The van der Waals surface area contributed by atoms with Crippen LogP contribution in [-0.2, 0) is 9.53 Å². The first-order valence-corrected chi connectivity index (χ1v) is 3.61. The van der Waals surface area contributed by atoms with E-state index >= 15 is 0 Å². The second kappa shape index (κ2) is 1.92. The fourth-order valence-electron chi connectivity index (χ4n) is 1.67. The average Bonchev–Trinajstić information content (AvgIpc) is 2.44. The van der Waals surface area contributed by atoms with Crippen LogP contribution in [0.5, 0.6) is 0 Å². The molecule has 0 aromatic heterocycles. The van der Waals surface area contributed by atoms with Crippen LogP contribution < -0.4 is 0 Å². The first kappa shape index (κ1) is 6.10. The Bertz CT molecular complexity index is 195. The zero-order chi connectivity index (χ0) is 7.14. The van der Waals surface area contributed by atoms with Gasteiger partial charge in [-0.15, -0.1) is 0 Å². The van der Waals surface area contributed by atoms with Gasteiger partial charge >= 0.3 is 0 Å². The number of hydrogen-bond donors (Lipinski definition) is 0. The second-order valence-corrected chi connectivity index (χ2v) is 2.98. The Balaban J connectivity index is 2.16. The number of ether oxygens (including phenoxy) is 1. The molecule has 0 spiro atoms. The Kier molecular flexibility index (Phi) is 1.17. The lowest BCUT2D eigenvalue weighted by atomic mass is 9.91. The summed E-state index contributed by atoms with van der Waals surface area (Å²) in [7, 11) is 0. The molecule has 2 nitrogen and oxygen atoms in total. The van der Waals surface area contributed by atoms with Gasteiger partial charge in [0.05, 0.1) is 18.1 Å². The number of rotatable bonds is 1. The summed E-state index contributed by atoms with van der Waals surface area (Å²) in [4.78, 5) is 10.9. The van der Waals surface area contributed by atoms with Crippen molar-refractivity contribution in [2.24, 2.45) is 5.92 Å². The minimum Gasteiger partial charge on any atom is -0.366 e. The molecule has 2 heteroatoms. The number of Topliss-reactive ketones (excluding diaryl/α,β-unsaturated/α-hetero) is 1. The van der Waals surface area contributed by atoms with E-state index in [-0.39, 0.29) is 23.9 Å². The third-order valence-electron chi connectivity index (χ3n) is 2.25. The standard InChI is InChI=1S/C8H10O2/c1-5(9)7-4-6-2-3-8(7)10-6/h2-3,6-8H,4H2,1H3/t6-,7-,8+/m1/s1. The van der Waals surface area contributed by atoms with E-state index in [1.54, 1.807) is 6.92 Å². The van der Waals surface area contributed by atoms with Gasteiger partial charge in [0.1, 0.15) is 5.78 Å². The third kappa shape index (κ3) is 0.721. The Morgan fingerprint density at radius 2 is 2.40 bits per heavy atom. The summed E-state index contributed by atoms with van der Waals surface area (Å²) in [5, 5.41) is 0. The molecule has 1 fully saturated rings. The quantitative estimate of drug-likeness (QED) is 0.503. The van der Waals surface area contributed by atoms with Gasteiger partial charge in [0.15, 0.2) is 0 Å². The topological polar surface area (TPSA) is 26.3 Å². The summed E-state index contributed by atoms with van der Waals surface area (Å²) >= 11 is 0. The van der Waals surface area contributed by atoms with Crippen molar-refractivity contribution in [1.29, 1.82) is 0 Å². The second-order valence-electron chi connectivity index (χ2n) is 2.98. The van der Waals surface area contributed by atoms with E-state index in [0.29, 0.717) is 0 Å². The summed E-state index contributed by atoms with van der Waals surface area (Å²) in [6.45, 7) is 1.64. The molecule has 2 aliphatic heterocycles. The van der Waals surface area contributed by atoms with Crippen molar-refractivity contribution >= 4 is 5.78 Å². The maximum atomic E-state index is 10.9. The van der Waals surface area contributed by atoms with Gasteiger partial charge in [-0.2, -0.15) is 0 Å². The van der Waals surface area contributed by atoms with Crippen molar-refractivity contribution < 1.29 is 9.53 Å². The molecule has 0 aliphatic carbocycles. The van der Waals surface area contributed by atoms with E-state index in [2.05, 4.69) is 0 Å². The molecule has 10 heavy (non-hydrogen) atoms. The number of carbonyl (C=O) groups excluding carboxylic acids is 1. The molecule has 0 radical (unpaired) electrons. The van der Waals surface area contributed by atoms with E-state index in [1.165, 1.54) is 0 Å². The fourth-order valence-corrected chi connectivity index (χ4v) is 1.67. The molecular formula is C8H10O2. The van der Waals surface area contributed by atoms with Crippen molar-refractivity contribution in [2.75, 3.05) is 0 Å². The minimum absolute atomic E-state index is 0.0995. The number of hydrogen-bond acceptors (Lipinski definition) is 2. The smallest absolute Gasteiger partial charge is 0.135 e. The third-order valence-corrected chi connectivity index (χ3v) is 2.25. The summed E-state index contributed by atoms with van der Waals surface area (Å²) in [5.41, 5.74) is 0. The molecule has 0 unspecified atom stereocenters. The van der Waals surface area contributed by atoms with Gasteiger partial charge in [-0.05, 0) is 13.3 Å². The zero-order valence-electron chi connectivity index (χ0n) is 5.91. The SMILES string of the molecule is CC(=O)[C@H]1C[C@H]2C=C[C@@H]1O2. The molecule has 0 aromatic rings. The molecule has 0 saturated carbocycles. The van der Waals surface area contributed by atoms with Crippen LogP contribution in [0.2, 0.25) is 0 Å². The maximum Gasteiger partial charge on any atom is 0.135 e. The van der Waals surface area contributed by atoms with Crippen LogP contribution >= 0.6 is 0 Å². The maximum absolute atomic E-state index is 10.9. The fraction of sp³-hybridized carbons (Fsp3) is 0.625. The van der Waals surface area contributed by atoms with Crippen molar-refractivity contribution in [2.45, 2.75) is 25.6 Å². The highest BCUT2D eigenvalue weighted by Gasteiger charge is 2.38. The van der Waals surface area contributed by atoms with Crippen molar-refractivity contribution in [3.05, 3.63) is 12.2 Å². The molecule has 0 N–H and O–H groups in total. The van der Waals surface area contributed by atoms with Crippen LogP contribution in [0.15, 0.2) is 12.2 Å². The minimum atomic E-state index is 0.0995. The van der Waals surface area contributed by atoms with Crippen molar-refractivity contribution in [1.82, 2.24) is 0 Å². The molecular weight excluding hydrogens is 128 g/mol. The van der Waals surface area contributed by atoms with Crippen LogP contribution in [-0.4, -0.2) is 18.0 Å². The largest absolute Gasteiger partial charge is 0.366 e. The van der Waals surface area contributed by atoms with E-state index in [9.17, 15) is 4.79 Å². The summed E-state index contributed by atoms with van der Waals surface area (Å²) in [5.74, 6) is 0.409. The summed E-state index contributed by atoms with van der Waals surface area (Å²) in [6, 6.07) is 0. The molecule has 2 rings (SSSR count). The number of fused-ring (bicyclic) bond motifs is 2. The molecule has 54 valence electrons. The summed E-state index contributed by atoms with van der Waals surface area (Å²) in [6.07, 6.45) is 5.28. The Labute approximate surface area is 59.9 Å². The molecule has 2 bridgehead atoms. The highest BCUT2D eigenvalue weighted by atomic mass is 16.5. The predicted octanol–water partition coefficient (Wildman–Crippen LogP) is 0.919. The molecule has 2 heterocycles. The predicted molar refractivity (Wildman–Crippen MR) is 36.6 cm³/mol. The van der Waals surface area contributed by atoms with Gasteiger partial charge < -0.3 is 4.74 Å². The number of ketones is 1. The van der Waals surface area contributed by atoms with Crippen LogP contribution in [0.1, 0.15) is 13.3 Å². The van der Waals surface area contributed by atoms with Gasteiger partial charge in [0, 0.05) is 0 Å². The van der Waals surface area contributed by atoms with Crippen molar-refractivity contribution in [3.63, 3.8) is 0 Å². The normalized spacial score (nSPS) is 42.7. The summed E-state index contributed by atoms with van der Waals surface area (Å²) < 4.78 is 5.41. The van der Waals surface area contributed by atoms with Crippen LogP contribution in [0.4, 0.5) is 0 Å². The van der Waals surface area contributed by atoms with Crippen molar-refractivity contribution in [3.8, 4) is 0 Å². The Hall–Kier alpha value is -0.630. The molecule has 1 saturated heterocycles. The van der Waals surface area contributed by atoms with Gasteiger partial charge in [-0.25, -0.2) is 0 Å². The van der Waals surface area contributed by atoms with Crippen LogP contribution in [0.3, 0.4) is 0 Å². The monoisotopic (exact) mass is 138 g/mol. The lowest BCUT2D eigenvalue weighted by Gasteiger charge is -2.09. The van der Waals surface area contributed by atoms with Gasteiger partial charge in [0.25, 0.3) is 0 Å². The lowest BCUT2D eigenvalue weighted by molar-refractivity contribution is -0.121. The average molecular weight is 138 g/mol. The molecule has 2 aliphatic rings. The Morgan fingerprint density at radius 3 is 2.70 bits per heavy atom. The van der Waals surface area contributed by atoms with E-state index in [0.717, 1.165) is 6.42 Å². The highest BCUT2D eigenvalue weighted by molar-refractivity contribution is 5.79. The number of carbonyl (C=O) groups is 1.